The number of Topliss-reactive ketones (excluding diaryl/α,β-unsaturated/α-hetero) is 1. The molecular weight excluding hydrogens is 324 g/mol. The van der Waals surface area contributed by atoms with Crippen molar-refractivity contribution in [3.8, 4) is 0 Å². The Kier molecular flexibility index (Phi) is 6.54. The van der Waals surface area contributed by atoms with Gasteiger partial charge in [-0.15, -0.1) is 10.2 Å². The van der Waals surface area contributed by atoms with Crippen molar-refractivity contribution in [1.29, 1.82) is 0 Å². The maximum atomic E-state index is 12.2. The number of aromatic nitrogens is 3. The molecule has 0 radical (unpaired) electrons. The molecule has 1 N–H and O–H groups in total. The van der Waals surface area contributed by atoms with E-state index >= 15 is 0 Å². The van der Waals surface area contributed by atoms with Crippen LogP contribution in [0, 0.1) is 0 Å². The van der Waals surface area contributed by atoms with Gasteiger partial charge in [0.25, 0.3) is 0 Å². The van der Waals surface area contributed by atoms with Crippen molar-refractivity contribution in [3.05, 3.63) is 42.2 Å². The summed E-state index contributed by atoms with van der Waals surface area (Å²) in [6.07, 6.45) is 2.15. The van der Waals surface area contributed by atoms with Crippen LogP contribution in [-0.2, 0) is 16.0 Å². The molecular formula is C17H22N4O2S. The van der Waals surface area contributed by atoms with Crippen molar-refractivity contribution in [2.24, 2.45) is 0 Å². The van der Waals surface area contributed by atoms with E-state index in [9.17, 15) is 9.59 Å². The van der Waals surface area contributed by atoms with E-state index in [0.717, 1.165) is 5.56 Å². The standard InChI is InChI=1S/C17H22N4O2S/c1-12(2)21-11-18-20-17(21)24-10-16(23)19-15(13(3)22)9-14-7-5-4-6-8-14/h4-8,11-12,15H,9-10H2,1-3H3,(H,19,23). The Morgan fingerprint density at radius 1 is 1.25 bits per heavy atom. The second kappa shape index (κ2) is 8.63. The van der Waals surface area contributed by atoms with Gasteiger partial charge in [0.15, 0.2) is 10.9 Å². The number of rotatable bonds is 8. The second-order valence-electron chi connectivity index (χ2n) is 5.82. The van der Waals surface area contributed by atoms with Gasteiger partial charge in [0, 0.05) is 6.04 Å². The molecule has 1 atom stereocenters. The first-order chi connectivity index (χ1) is 11.5. The number of carbonyl (C=O) groups is 2. The van der Waals surface area contributed by atoms with Crippen LogP contribution in [0.4, 0.5) is 0 Å². The number of amides is 1. The van der Waals surface area contributed by atoms with E-state index in [0.29, 0.717) is 11.6 Å². The highest BCUT2D eigenvalue weighted by molar-refractivity contribution is 7.99. The van der Waals surface area contributed by atoms with E-state index in [4.69, 9.17) is 0 Å². The number of hydrogen-bond donors (Lipinski definition) is 1. The fraction of sp³-hybridized carbons (Fsp3) is 0.412. The predicted octanol–water partition coefficient (Wildman–Crippen LogP) is 2.27. The Bertz CT molecular complexity index is 685. The second-order valence-corrected chi connectivity index (χ2v) is 6.77. The Morgan fingerprint density at radius 3 is 2.58 bits per heavy atom. The lowest BCUT2D eigenvalue weighted by Crippen LogP contribution is -2.42. The summed E-state index contributed by atoms with van der Waals surface area (Å²) in [5.41, 5.74) is 1.02. The van der Waals surface area contributed by atoms with Gasteiger partial charge < -0.3 is 9.88 Å². The van der Waals surface area contributed by atoms with Crippen molar-refractivity contribution in [1.82, 2.24) is 20.1 Å². The minimum Gasteiger partial charge on any atom is -0.345 e. The van der Waals surface area contributed by atoms with Crippen LogP contribution in [0.3, 0.4) is 0 Å². The maximum Gasteiger partial charge on any atom is 0.231 e. The summed E-state index contributed by atoms with van der Waals surface area (Å²) in [7, 11) is 0. The summed E-state index contributed by atoms with van der Waals surface area (Å²) >= 11 is 1.32. The fourth-order valence-corrected chi connectivity index (χ4v) is 3.06. The maximum absolute atomic E-state index is 12.2. The van der Waals surface area contributed by atoms with E-state index in [2.05, 4.69) is 15.5 Å². The molecule has 2 rings (SSSR count). The Hall–Kier alpha value is -2.15. The fourth-order valence-electron chi connectivity index (χ4n) is 2.20. The van der Waals surface area contributed by atoms with Crippen molar-refractivity contribution in [2.75, 3.05) is 5.75 Å². The van der Waals surface area contributed by atoms with Crippen LogP contribution in [0.2, 0.25) is 0 Å². The van der Waals surface area contributed by atoms with Crippen LogP contribution in [0.25, 0.3) is 0 Å². The molecule has 0 bridgehead atoms. The van der Waals surface area contributed by atoms with Crippen LogP contribution < -0.4 is 5.32 Å². The smallest absolute Gasteiger partial charge is 0.231 e. The molecule has 0 fully saturated rings. The highest BCUT2D eigenvalue weighted by atomic mass is 32.2. The Morgan fingerprint density at radius 2 is 1.96 bits per heavy atom. The largest absolute Gasteiger partial charge is 0.345 e. The molecule has 0 spiro atoms. The number of thioether (sulfide) groups is 1. The normalized spacial score (nSPS) is 12.2. The molecule has 6 nitrogen and oxygen atoms in total. The minimum absolute atomic E-state index is 0.0532. The highest BCUT2D eigenvalue weighted by Crippen LogP contribution is 2.18. The molecule has 7 heteroatoms. The van der Waals surface area contributed by atoms with Crippen LogP contribution >= 0.6 is 11.8 Å². The number of hydrogen-bond acceptors (Lipinski definition) is 5. The summed E-state index contributed by atoms with van der Waals surface area (Å²) in [5, 5.41) is 11.4. The molecule has 0 aliphatic heterocycles. The lowest BCUT2D eigenvalue weighted by Gasteiger charge is -2.16. The van der Waals surface area contributed by atoms with Gasteiger partial charge in [-0.25, -0.2) is 0 Å². The van der Waals surface area contributed by atoms with Crippen molar-refractivity contribution in [3.63, 3.8) is 0 Å². The first kappa shape index (κ1) is 18.2. The summed E-state index contributed by atoms with van der Waals surface area (Å²) in [6, 6.07) is 9.37. The van der Waals surface area contributed by atoms with Gasteiger partial charge in [-0.1, -0.05) is 42.1 Å². The molecule has 2 aromatic rings. The molecule has 0 saturated heterocycles. The predicted molar refractivity (Wildman–Crippen MR) is 93.9 cm³/mol. The third-order valence-corrected chi connectivity index (χ3v) is 4.49. The van der Waals surface area contributed by atoms with Crippen LogP contribution in [0.15, 0.2) is 41.8 Å². The van der Waals surface area contributed by atoms with E-state index in [1.807, 2.05) is 48.7 Å². The zero-order chi connectivity index (χ0) is 17.5. The minimum atomic E-state index is -0.511. The summed E-state index contributed by atoms with van der Waals surface area (Å²) < 4.78 is 1.91. The van der Waals surface area contributed by atoms with Gasteiger partial charge >= 0.3 is 0 Å². The molecule has 1 amide bonds. The summed E-state index contributed by atoms with van der Waals surface area (Å²) in [5.74, 6) is -0.0405. The molecule has 1 unspecified atom stereocenters. The Labute approximate surface area is 146 Å². The van der Waals surface area contributed by atoms with E-state index in [1.165, 1.54) is 18.7 Å². The first-order valence-electron chi connectivity index (χ1n) is 7.83. The third kappa shape index (κ3) is 5.19. The van der Waals surface area contributed by atoms with E-state index in [1.54, 1.807) is 6.33 Å². The topological polar surface area (TPSA) is 76.9 Å². The molecule has 0 aliphatic carbocycles. The SMILES string of the molecule is CC(=O)C(Cc1ccccc1)NC(=O)CSc1nncn1C(C)C. The van der Waals surface area contributed by atoms with Gasteiger partial charge in [-0.3, -0.25) is 9.59 Å². The van der Waals surface area contributed by atoms with Gasteiger partial charge in [0.1, 0.15) is 6.33 Å². The average Bonchev–Trinajstić information content (AvgIpc) is 3.02. The molecule has 1 aromatic heterocycles. The number of nitrogens with zero attached hydrogens (tertiary/aromatic N) is 3. The lowest BCUT2D eigenvalue weighted by molar-refractivity contribution is -0.125. The van der Waals surface area contributed by atoms with Crippen molar-refractivity contribution < 1.29 is 9.59 Å². The van der Waals surface area contributed by atoms with Crippen molar-refractivity contribution in [2.45, 2.75) is 44.4 Å². The van der Waals surface area contributed by atoms with Crippen LogP contribution in [0.1, 0.15) is 32.4 Å². The zero-order valence-corrected chi connectivity index (χ0v) is 14.9. The van der Waals surface area contributed by atoms with Gasteiger partial charge in [-0.05, 0) is 32.8 Å². The van der Waals surface area contributed by atoms with Gasteiger partial charge in [0.05, 0.1) is 11.8 Å². The molecule has 1 aromatic carbocycles. The van der Waals surface area contributed by atoms with E-state index < -0.39 is 6.04 Å². The van der Waals surface area contributed by atoms with Crippen LogP contribution in [0.5, 0.6) is 0 Å². The quantitative estimate of drug-likeness (QED) is 0.742. The van der Waals surface area contributed by atoms with E-state index in [-0.39, 0.29) is 23.5 Å². The number of ketones is 1. The zero-order valence-electron chi connectivity index (χ0n) is 14.1. The number of carbonyl (C=O) groups excluding carboxylic acids is 2. The summed E-state index contributed by atoms with van der Waals surface area (Å²) in [6.45, 7) is 5.55. The lowest BCUT2D eigenvalue weighted by atomic mass is 10.0. The molecule has 0 aliphatic rings. The molecule has 128 valence electrons. The molecule has 0 saturated carbocycles. The average molecular weight is 346 g/mol. The van der Waals surface area contributed by atoms with Gasteiger partial charge in [0.2, 0.25) is 5.91 Å². The van der Waals surface area contributed by atoms with Gasteiger partial charge in [-0.2, -0.15) is 0 Å². The van der Waals surface area contributed by atoms with Crippen molar-refractivity contribution >= 4 is 23.5 Å². The molecule has 24 heavy (non-hydrogen) atoms. The summed E-state index contributed by atoms with van der Waals surface area (Å²) in [4.78, 5) is 24.0. The number of benzene rings is 1. The number of nitrogens with one attached hydrogen (secondary N) is 1. The Balaban J connectivity index is 1.91. The van der Waals surface area contributed by atoms with Crippen LogP contribution in [-0.4, -0.2) is 38.2 Å². The molecule has 1 heterocycles. The first-order valence-corrected chi connectivity index (χ1v) is 8.82. The third-order valence-electron chi connectivity index (χ3n) is 3.54. The highest BCUT2D eigenvalue weighted by Gasteiger charge is 2.18. The monoisotopic (exact) mass is 346 g/mol.